The molecule has 4 aliphatic rings. The highest BCUT2D eigenvalue weighted by Gasteiger charge is 2.42. The molecule has 0 saturated carbocycles. The van der Waals surface area contributed by atoms with Gasteiger partial charge in [-0.05, 0) is 79.1 Å². The zero-order valence-corrected chi connectivity index (χ0v) is 26.6. The number of hydrogen-bond acceptors (Lipinski definition) is 8. The van der Waals surface area contributed by atoms with E-state index in [1.807, 2.05) is 39.2 Å². The molecular weight excluding hydrogens is 562 g/mol. The second-order valence-corrected chi connectivity index (χ2v) is 15.0. The van der Waals surface area contributed by atoms with E-state index in [2.05, 4.69) is 22.8 Å². The summed E-state index contributed by atoms with van der Waals surface area (Å²) < 4.78 is 13.1. The van der Waals surface area contributed by atoms with Crippen LogP contribution in [0.25, 0.3) is 10.9 Å². The first-order valence-corrected chi connectivity index (χ1v) is 16.2. The molecule has 1 aromatic heterocycles. The number of anilines is 1. The molecule has 6 rings (SSSR count). The third-order valence-corrected chi connectivity index (χ3v) is 11.0. The Labute approximate surface area is 251 Å². The number of thioether (sulfide) groups is 1. The van der Waals surface area contributed by atoms with Crippen LogP contribution in [0.4, 0.5) is 10.6 Å². The summed E-state index contributed by atoms with van der Waals surface area (Å²) in [5, 5.41) is 1.67. The second-order valence-electron chi connectivity index (χ2n) is 13.6. The number of carbonyl (C=O) groups excluding carboxylic acids is 1. The molecule has 41 heavy (non-hydrogen) atoms. The maximum absolute atomic E-state index is 13.9. The first-order chi connectivity index (χ1) is 19.4. The number of piperidine rings is 1. The fraction of sp³-hybridized carbons (Fsp3) is 0.700. The number of amides is 1. The molecule has 5 heterocycles. The van der Waals surface area contributed by atoms with Gasteiger partial charge in [0.1, 0.15) is 11.4 Å². The van der Waals surface area contributed by atoms with Crippen molar-refractivity contribution in [2.45, 2.75) is 83.0 Å². The van der Waals surface area contributed by atoms with Crippen molar-refractivity contribution >= 4 is 46.2 Å². The van der Waals surface area contributed by atoms with E-state index < -0.39 is 5.60 Å². The molecule has 0 radical (unpaired) electrons. The predicted molar refractivity (Wildman–Crippen MR) is 164 cm³/mol. The molecule has 11 heteroatoms. The van der Waals surface area contributed by atoms with E-state index in [0.717, 1.165) is 72.8 Å². The van der Waals surface area contributed by atoms with Crippen molar-refractivity contribution in [1.82, 2.24) is 19.4 Å². The lowest BCUT2D eigenvalue weighted by molar-refractivity contribution is -0.140. The molecule has 224 valence electrons. The smallest absolute Gasteiger partial charge is 0.410 e. The largest absolute Gasteiger partial charge is 0.444 e. The fourth-order valence-corrected chi connectivity index (χ4v) is 8.28. The van der Waals surface area contributed by atoms with Gasteiger partial charge in [0.2, 0.25) is 0 Å². The highest BCUT2D eigenvalue weighted by molar-refractivity contribution is 7.99. The van der Waals surface area contributed by atoms with Gasteiger partial charge in [-0.3, -0.25) is 4.57 Å². The minimum absolute atomic E-state index is 0.0230. The molecule has 1 aromatic carbocycles. The molecule has 3 atom stereocenters. The lowest BCUT2D eigenvalue weighted by atomic mass is 9.77. The molecular formula is C30H42ClN5O4S. The van der Waals surface area contributed by atoms with Crippen LogP contribution in [0.1, 0.15) is 59.1 Å². The fourth-order valence-electron chi connectivity index (χ4n) is 6.73. The van der Waals surface area contributed by atoms with Crippen molar-refractivity contribution in [2.24, 2.45) is 5.41 Å². The zero-order chi connectivity index (χ0) is 29.3. The van der Waals surface area contributed by atoms with E-state index in [-0.39, 0.29) is 29.9 Å². The number of rotatable bonds is 3. The number of aromatic nitrogens is 2. The number of hydrogen-bond donors (Lipinski definition) is 0. The van der Waals surface area contributed by atoms with E-state index >= 15 is 0 Å². The molecule has 9 nitrogen and oxygen atoms in total. The lowest BCUT2D eigenvalue weighted by Crippen LogP contribution is -2.59. The number of likely N-dealkylation sites (tertiary alicyclic amines) is 1. The van der Waals surface area contributed by atoms with Gasteiger partial charge in [-0.1, -0.05) is 11.6 Å². The zero-order valence-electron chi connectivity index (χ0n) is 25.0. The van der Waals surface area contributed by atoms with Gasteiger partial charge in [0, 0.05) is 48.3 Å². The summed E-state index contributed by atoms with van der Waals surface area (Å²) in [5.41, 5.74) is 1.46. The number of benzene rings is 1. The van der Waals surface area contributed by atoms with Crippen LogP contribution >= 0.6 is 23.4 Å². The van der Waals surface area contributed by atoms with Crippen molar-refractivity contribution in [2.75, 3.05) is 56.6 Å². The van der Waals surface area contributed by atoms with Crippen molar-refractivity contribution in [3.8, 4) is 0 Å². The summed E-state index contributed by atoms with van der Waals surface area (Å²) in [5.74, 6) is 1.47. The average molecular weight is 604 g/mol. The molecule has 3 saturated heterocycles. The SMILES string of the molecule is Cc1cc2c(N3C[C@@H](C)N(C(=O)OC(C)(C)C)C[C@@H]3C)nc(=O)n3c2c(c1Cl)SC[C@@H]3CN1CCC2(CC1)COC2. The summed E-state index contributed by atoms with van der Waals surface area (Å²) in [6.07, 6.45) is 2.00. The number of piperazine rings is 1. The maximum atomic E-state index is 13.9. The summed E-state index contributed by atoms with van der Waals surface area (Å²) in [6.45, 7) is 17.5. The highest BCUT2D eigenvalue weighted by Crippen LogP contribution is 2.45. The van der Waals surface area contributed by atoms with Crippen molar-refractivity contribution in [1.29, 1.82) is 0 Å². The quantitative estimate of drug-likeness (QED) is 0.488. The average Bonchev–Trinajstić information content (AvgIpc) is 2.88. The van der Waals surface area contributed by atoms with Crippen LogP contribution in [0.2, 0.25) is 5.02 Å². The van der Waals surface area contributed by atoms with Gasteiger partial charge in [0.05, 0.1) is 34.7 Å². The number of aryl methyl sites for hydroxylation is 1. The molecule has 1 amide bonds. The highest BCUT2D eigenvalue weighted by atomic mass is 35.5. The van der Waals surface area contributed by atoms with Crippen molar-refractivity contribution < 1.29 is 14.3 Å². The minimum atomic E-state index is -0.560. The molecule has 3 fully saturated rings. The van der Waals surface area contributed by atoms with Crippen LogP contribution < -0.4 is 10.6 Å². The molecule has 0 N–H and O–H groups in total. The third kappa shape index (κ3) is 5.34. The Hall–Kier alpha value is -2.01. The number of carbonyl (C=O) groups is 1. The van der Waals surface area contributed by atoms with Crippen LogP contribution in [0.5, 0.6) is 0 Å². The molecule has 4 aliphatic heterocycles. The van der Waals surface area contributed by atoms with Gasteiger partial charge in [-0.15, -0.1) is 11.8 Å². The van der Waals surface area contributed by atoms with Gasteiger partial charge in [-0.25, -0.2) is 9.59 Å². The Kier molecular flexibility index (Phi) is 7.53. The molecule has 2 aromatic rings. The standard InChI is InChI=1S/C30H42ClN5O4S/c1-18-11-22-24-25(23(18)31)41-15-21(14-33-9-7-30(8-10-33)16-39-17-30)36(24)27(37)32-26(22)34-12-20(3)35(13-19(34)2)28(38)40-29(4,5)6/h11,19-21H,7-10,12-17H2,1-6H3/t19-,20+,21-/m0/s1. The van der Waals surface area contributed by atoms with E-state index in [1.54, 1.807) is 16.7 Å². The number of nitrogens with zero attached hydrogens (tertiary/aromatic N) is 5. The van der Waals surface area contributed by atoms with Gasteiger partial charge < -0.3 is 24.2 Å². The third-order valence-electron chi connectivity index (χ3n) is 9.14. The Balaban J connectivity index is 1.32. The van der Waals surface area contributed by atoms with Gasteiger partial charge in [0.25, 0.3) is 0 Å². The predicted octanol–water partition coefficient (Wildman–Crippen LogP) is 4.95. The van der Waals surface area contributed by atoms with Crippen LogP contribution in [0, 0.1) is 12.3 Å². The van der Waals surface area contributed by atoms with E-state index in [9.17, 15) is 9.59 Å². The first kappa shape index (κ1) is 29.1. The number of ether oxygens (including phenoxy) is 2. The van der Waals surface area contributed by atoms with Crippen molar-refractivity contribution in [3.63, 3.8) is 0 Å². The van der Waals surface area contributed by atoms with Crippen LogP contribution in [-0.4, -0.2) is 94.8 Å². The molecule has 1 spiro atoms. The summed E-state index contributed by atoms with van der Waals surface area (Å²) >= 11 is 8.63. The van der Waals surface area contributed by atoms with E-state index in [4.69, 9.17) is 26.1 Å². The first-order valence-electron chi connectivity index (χ1n) is 14.8. The van der Waals surface area contributed by atoms with Crippen molar-refractivity contribution in [3.05, 3.63) is 27.1 Å². The Bertz CT molecular complexity index is 1410. The minimum Gasteiger partial charge on any atom is -0.444 e. The normalized spacial score (nSPS) is 26.4. The molecule has 0 unspecified atom stereocenters. The summed E-state index contributed by atoms with van der Waals surface area (Å²) in [7, 11) is 0. The Morgan fingerprint density at radius 2 is 1.90 bits per heavy atom. The second kappa shape index (κ2) is 10.6. The Morgan fingerprint density at radius 1 is 1.20 bits per heavy atom. The number of halogens is 1. The lowest BCUT2D eigenvalue weighted by Gasteiger charge is -2.48. The van der Waals surface area contributed by atoms with Crippen LogP contribution in [-0.2, 0) is 9.47 Å². The summed E-state index contributed by atoms with van der Waals surface area (Å²) in [4.78, 5) is 39.0. The van der Waals surface area contributed by atoms with Gasteiger partial charge >= 0.3 is 11.8 Å². The molecule has 0 bridgehead atoms. The summed E-state index contributed by atoms with van der Waals surface area (Å²) in [6, 6.07) is 1.95. The van der Waals surface area contributed by atoms with E-state index in [0.29, 0.717) is 29.3 Å². The maximum Gasteiger partial charge on any atom is 0.410 e. The monoisotopic (exact) mass is 603 g/mol. The van der Waals surface area contributed by atoms with Crippen LogP contribution in [0.3, 0.4) is 0 Å². The van der Waals surface area contributed by atoms with Gasteiger partial charge in [0.15, 0.2) is 0 Å². The van der Waals surface area contributed by atoms with E-state index in [1.165, 1.54) is 0 Å². The Morgan fingerprint density at radius 3 is 2.54 bits per heavy atom. The molecule has 0 aliphatic carbocycles. The van der Waals surface area contributed by atoms with Gasteiger partial charge in [-0.2, -0.15) is 4.98 Å². The topological polar surface area (TPSA) is 80.1 Å². The van der Waals surface area contributed by atoms with Crippen LogP contribution in [0.15, 0.2) is 15.8 Å².